The largest absolute Gasteiger partial charge is 0.452 e. The van der Waals surface area contributed by atoms with E-state index < -0.39 is 46.4 Å². The van der Waals surface area contributed by atoms with Crippen LogP contribution in [0.3, 0.4) is 0 Å². The first-order chi connectivity index (χ1) is 12.8. The lowest BCUT2D eigenvalue weighted by atomic mass is 10.2. The van der Waals surface area contributed by atoms with Gasteiger partial charge < -0.3 is 10.1 Å². The number of carbonyl (C=O) groups is 2. The van der Waals surface area contributed by atoms with E-state index in [-0.39, 0.29) is 5.02 Å². The molecule has 0 saturated heterocycles. The van der Waals surface area contributed by atoms with E-state index >= 15 is 0 Å². The number of anilines is 1. The number of nitrogens with one attached hydrogen (secondary N) is 1. The predicted octanol–water partition coefficient (Wildman–Crippen LogP) is 3.72. The van der Waals surface area contributed by atoms with Gasteiger partial charge in [-0.25, -0.2) is 13.6 Å². The molecular formula is C17H11ClF2N2O5. The number of amides is 1. The number of non-ortho nitro benzene ring substituents is 1. The lowest BCUT2D eigenvalue weighted by Gasteiger charge is -2.06. The molecule has 0 atom stereocenters. The van der Waals surface area contributed by atoms with E-state index in [0.29, 0.717) is 5.56 Å². The molecule has 0 saturated carbocycles. The molecule has 1 amide bonds. The van der Waals surface area contributed by atoms with Crippen LogP contribution >= 0.6 is 11.6 Å². The summed E-state index contributed by atoms with van der Waals surface area (Å²) in [6.45, 7) is -0.741. The molecule has 2 aromatic rings. The molecule has 7 nitrogen and oxygen atoms in total. The van der Waals surface area contributed by atoms with Crippen molar-refractivity contribution in [3.8, 4) is 0 Å². The Labute approximate surface area is 156 Å². The molecule has 0 bridgehead atoms. The standard InChI is InChI=1S/C17H11ClF2N2O5/c18-12-7-10(1-4-13(12)19)2-6-17(24)27-9-16(23)21-15-8-11(22(25)26)3-5-14(15)20/h1-8H,9H2,(H,21,23)/b6-2+. The molecule has 1 N–H and O–H groups in total. The van der Waals surface area contributed by atoms with Crippen molar-refractivity contribution in [2.45, 2.75) is 0 Å². The van der Waals surface area contributed by atoms with Gasteiger partial charge in [-0.05, 0) is 29.8 Å². The molecule has 0 unspecified atom stereocenters. The second-order valence-electron chi connectivity index (χ2n) is 5.08. The zero-order valence-electron chi connectivity index (χ0n) is 13.4. The Morgan fingerprint density at radius 2 is 1.89 bits per heavy atom. The highest BCUT2D eigenvalue weighted by Gasteiger charge is 2.14. The number of nitrogens with zero attached hydrogens (tertiary/aromatic N) is 1. The third-order valence-corrected chi connectivity index (χ3v) is 3.43. The van der Waals surface area contributed by atoms with E-state index in [1.165, 1.54) is 18.2 Å². The van der Waals surface area contributed by atoms with Crippen molar-refractivity contribution in [3.63, 3.8) is 0 Å². The maximum Gasteiger partial charge on any atom is 0.331 e. The molecule has 140 valence electrons. The van der Waals surface area contributed by atoms with Gasteiger partial charge in [0, 0.05) is 18.2 Å². The molecule has 0 aliphatic carbocycles. The summed E-state index contributed by atoms with van der Waals surface area (Å²) in [6.07, 6.45) is 2.29. The van der Waals surface area contributed by atoms with Crippen molar-refractivity contribution in [1.29, 1.82) is 0 Å². The molecule has 0 aliphatic rings. The van der Waals surface area contributed by atoms with Crippen LogP contribution in [-0.2, 0) is 14.3 Å². The first-order valence-electron chi connectivity index (χ1n) is 7.30. The fraction of sp³-hybridized carbons (Fsp3) is 0.0588. The molecule has 0 aliphatic heterocycles. The second kappa shape index (κ2) is 8.86. The van der Waals surface area contributed by atoms with E-state index in [9.17, 15) is 28.5 Å². The monoisotopic (exact) mass is 396 g/mol. The van der Waals surface area contributed by atoms with Crippen LogP contribution < -0.4 is 5.32 Å². The van der Waals surface area contributed by atoms with Crippen molar-refractivity contribution in [3.05, 3.63) is 74.8 Å². The minimum absolute atomic E-state index is 0.121. The minimum atomic E-state index is -0.888. The summed E-state index contributed by atoms with van der Waals surface area (Å²) in [7, 11) is 0. The van der Waals surface area contributed by atoms with Crippen LogP contribution in [0.1, 0.15) is 5.56 Å². The normalized spacial score (nSPS) is 10.6. The fourth-order valence-corrected chi connectivity index (χ4v) is 2.06. The molecule has 0 spiro atoms. The van der Waals surface area contributed by atoms with E-state index in [1.807, 2.05) is 0 Å². The molecule has 10 heteroatoms. The van der Waals surface area contributed by atoms with Crippen molar-refractivity contribution in [2.24, 2.45) is 0 Å². The summed E-state index contributed by atoms with van der Waals surface area (Å²) in [5.41, 5.74) is -0.396. The van der Waals surface area contributed by atoms with Crippen LogP contribution in [0.4, 0.5) is 20.2 Å². The quantitative estimate of drug-likeness (QED) is 0.347. The molecule has 27 heavy (non-hydrogen) atoms. The van der Waals surface area contributed by atoms with Crippen molar-refractivity contribution < 1.29 is 28.0 Å². The van der Waals surface area contributed by atoms with Crippen LogP contribution in [0.2, 0.25) is 5.02 Å². The highest BCUT2D eigenvalue weighted by molar-refractivity contribution is 6.30. The Hall–Kier alpha value is -3.33. The average Bonchev–Trinajstić information content (AvgIpc) is 2.62. The number of carbonyl (C=O) groups excluding carboxylic acids is 2. The molecule has 0 heterocycles. The first-order valence-corrected chi connectivity index (χ1v) is 7.68. The predicted molar refractivity (Wildman–Crippen MR) is 93.1 cm³/mol. The fourth-order valence-electron chi connectivity index (χ4n) is 1.87. The van der Waals surface area contributed by atoms with Crippen LogP contribution in [0.5, 0.6) is 0 Å². The zero-order valence-corrected chi connectivity index (χ0v) is 14.2. The summed E-state index contributed by atoms with van der Waals surface area (Å²) in [4.78, 5) is 33.2. The van der Waals surface area contributed by atoms with Gasteiger partial charge in [0.05, 0.1) is 15.6 Å². The van der Waals surface area contributed by atoms with Crippen LogP contribution in [0.15, 0.2) is 42.5 Å². The third kappa shape index (κ3) is 5.86. The zero-order chi connectivity index (χ0) is 20.0. The van der Waals surface area contributed by atoms with Gasteiger partial charge in [0.15, 0.2) is 6.61 Å². The van der Waals surface area contributed by atoms with Gasteiger partial charge >= 0.3 is 5.97 Å². The Morgan fingerprint density at radius 3 is 2.56 bits per heavy atom. The Kier molecular flexibility index (Phi) is 6.56. The number of hydrogen-bond acceptors (Lipinski definition) is 5. The molecule has 2 rings (SSSR count). The Bertz CT molecular complexity index is 934. The summed E-state index contributed by atoms with van der Waals surface area (Å²) >= 11 is 5.60. The minimum Gasteiger partial charge on any atom is -0.452 e. The molecule has 0 radical (unpaired) electrons. The molecule has 0 aromatic heterocycles. The van der Waals surface area contributed by atoms with E-state index in [0.717, 1.165) is 30.3 Å². The SMILES string of the molecule is O=C(COC(=O)/C=C/c1ccc(F)c(Cl)c1)Nc1cc([N+](=O)[O-])ccc1F. The number of esters is 1. The van der Waals surface area contributed by atoms with Gasteiger partial charge in [-0.15, -0.1) is 0 Å². The lowest BCUT2D eigenvalue weighted by molar-refractivity contribution is -0.384. The highest BCUT2D eigenvalue weighted by Crippen LogP contribution is 2.21. The van der Waals surface area contributed by atoms with Crippen molar-refractivity contribution in [1.82, 2.24) is 0 Å². The van der Waals surface area contributed by atoms with Crippen LogP contribution in [-0.4, -0.2) is 23.4 Å². The topological polar surface area (TPSA) is 98.5 Å². The number of benzene rings is 2. The second-order valence-corrected chi connectivity index (χ2v) is 5.49. The number of rotatable bonds is 6. The highest BCUT2D eigenvalue weighted by atomic mass is 35.5. The maximum atomic E-state index is 13.6. The average molecular weight is 397 g/mol. The van der Waals surface area contributed by atoms with Gasteiger partial charge in [0.2, 0.25) is 0 Å². The van der Waals surface area contributed by atoms with E-state index in [2.05, 4.69) is 10.1 Å². The van der Waals surface area contributed by atoms with Gasteiger partial charge in [-0.3, -0.25) is 14.9 Å². The molecule has 0 fully saturated rings. The first kappa shape index (κ1) is 20.0. The van der Waals surface area contributed by atoms with Gasteiger partial charge in [-0.1, -0.05) is 17.7 Å². The Morgan fingerprint density at radius 1 is 1.19 bits per heavy atom. The summed E-state index contributed by atoms with van der Waals surface area (Å²) in [5, 5.41) is 12.6. The smallest absolute Gasteiger partial charge is 0.331 e. The van der Waals surface area contributed by atoms with E-state index in [1.54, 1.807) is 0 Å². The van der Waals surface area contributed by atoms with Crippen LogP contribution in [0, 0.1) is 21.7 Å². The number of nitro groups is 1. The maximum absolute atomic E-state index is 13.6. The van der Waals surface area contributed by atoms with Crippen molar-refractivity contribution >= 4 is 40.9 Å². The summed E-state index contributed by atoms with van der Waals surface area (Å²) in [5.74, 6) is -3.26. The van der Waals surface area contributed by atoms with Gasteiger partial charge in [0.1, 0.15) is 11.6 Å². The number of ether oxygens (including phenoxy) is 1. The summed E-state index contributed by atoms with van der Waals surface area (Å²) < 4.78 is 31.3. The number of nitro benzene ring substituents is 1. The van der Waals surface area contributed by atoms with Crippen LogP contribution in [0.25, 0.3) is 6.08 Å². The molecule has 2 aromatic carbocycles. The van der Waals surface area contributed by atoms with Crippen molar-refractivity contribution in [2.75, 3.05) is 11.9 Å². The Balaban J connectivity index is 1.90. The summed E-state index contributed by atoms with van der Waals surface area (Å²) in [6, 6.07) is 6.40. The number of hydrogen-bond donors (Lipinski definition) is 1. The number of halogens is 3. The third-order valence-electron chi connectivity index (χ3n) is 3.14. The lowest BCUT2D eigenvalue weighted by Crippen LogP contribution is -2.20. The molecular weight excluding hydrogens is 386 g/mol. The van der Waals surface area contributed by atoms with Gasteiger partial charge in [0.25, 0.3) is 11.6 Å². The van der Waals surface area contributed by atoms with E-state index in [4.69, 9.17) is 11.6 Å². The van der Waals surface area contributed by atoms with Gasteiger partial charge in [-0.2, -0.15) is 0 Å².